The van der Waals surface area contributed by atoms with Gasteiger partial charge in [0.2, 0.25) is 5.91 Å². The van der Waals surface area contributed by atoms with Crippen LogP contribution in [-0.4, -0.2) is 35.4 Å². The van der Waals surface area contributed by atoms with E-state index in [0.29, 0.717) is 11.6 Å². The van der Waals surface area contributed by atoms with Crippen LogP contribution in [0.4, 0.5) is 5.69 Å². The van der Waals surface area contributed by atoms with E-state index in [1.165, 1.54) is 6.92 Å². The maximum Gasteiger partial charge on any atom is 0.256 e. The summed E-state index contributed by atoms with van der Waals surface area (Å²) in [5, 5.41) is 9.39. The average molecular weight is 237 g/mol. The van der Waals surface area contributed by atoms with Crippen LogP contribution in [0.25, 0.3) is 0 Å². The van der Waals surface area contributed by atoms with Crippen molar-refractivity contribution in [3.8, 4) is 5.88 Å². The van der Waals surface area contributed by atoms with Gasteiger partial charge < -0.3 is 14.8 Å². The van der Waals surface area contributed by atoms with E-state index in [1.54, 1.807) is 6.20 Å². The second-order valence-corrected chi connectivity index (χ2v) is 4.79. The van der Waals surface area contributed by atoms with Gasteiger partial charge in [-0.2, -0.15) is 0 Å². The van der Waals surface area contributed by atoms with E-state index in [1.807, 2.05) is 0 Å². The van der Waals surface area contributed by atoms with Crippen molar-refractivity contribution in [1.29, 1.82) is 0 Å². The van der Waals surface area contributed by atoms with Crippen LogP contribution >= 0.6 is 0 Å². The van der Waals surface area contributed by atoms with Crippen molar-refractivity contribution in [1.82, 2.24) is 10.2 Å². The van der Waals surface area contributed by atoms with Crippen molar-refractivity contribution in [2.24, 2.45) is 5.41 Å². The number of aromatic amines is 1. The third-order valence-electron chi connectivity index (χ3n) is 3.54. The largest absolute Gasteiger partial charge is 0.471 e. The number of nitrogens with zero attached hydrogens (tertiary/aromatic N) is 1. The van der Waals surface area contributed by atoms with Crippen LogP contribution in [0.3, 0.4) is 0 Å². The molecule has 92 valence electrons. The molecule has 0 bridgehead atoms. The highest BCUT2D eigenvalue weighted by atomic mass is 16.5. The number of amides is 1. The first-order valence-corrected chi connectivity index (χ1v) is 5.75. The summed E-state index contributed by atoms with van der Waals surface area (Å²) in [4.78, 5) is 11.0. The summed E-state index contributed by atoms with van der Waals surface area (Å²) in [6, 6.07) is 0. The number of aromatic nitrogens is 2. The number of carbonyl (C=O) groups excluding carboxylic acids is 1. The smallest absolute Gasteiger partial charge is 0.256 e. The van der Waals surface area contributed by atoms with Crippen molar-refractivity contribution in [3.63, 3.8) is 0 Å². The summed E-state index contributed by atoms with van der Waals surface area (Å²) in [5.41, 5.74) is 0.798. The van der Waals surface area contributed by atoms with Crippen LogP contribution < -0.4 is 10.1 Å². The first kappa shape index (κ1) is 10.6. The van der Waals surface area contributed by atoms with Gasteiger partial charge in [-0.1, -0.05) is 0 Å². The van der Waals surface area contributed by atoms with Crippen LogP contribution in [0.5, 0.6) is 5.88 Å². The first-order valence-electron chi connectivity index (χ1n) is 5.75. The molecule has 1 aromatic rings. The molecule has 1 aliphatic heterocycles. The maximum absolute atomic E-state index is 11.0. The number of rotatable bonds is 3. The minimum absolute atomic E-state index is 0.133. The number of hydrogen-bond acceptors (Lipinski definition) is 4. The molecule has 6 nitrogen and oxygen atoms in total. The molecular weight excluding hydrogens is 222 g/mol. The van der Waals surface area contributed by atoms with Crippen molar-refractivity contribution in [3.05, 3.63) is 6.20 Å². The molecule has 2 fully saturated rings. The lowest BCUT2D eigenvalue weighted by molar-refractivity contribution is -0.213. The molecule has 1 atom stereocenters. The molecular formula is C11H15N3O3. The minimum Gasteiger partial charge on any atom is -0.471 e. The third kappa shape index (κ3) is 1.68. The minimum atomic E-state index is -0.133. The fourth-order valence-electron chi connectivity index (χ4n) is 2.33. The Kier molecular flexibility index (Phi) is 2.32. The molecule has 1 unspecified atom stereocenters. The Labute approximate surface area is 98.7 Å². The molecule has 1 aliphatic carbocycles. The van der Waals surface area contributed by atoms with Crippen molar-refractivity contribution in [2.45, 2.75) is 25.9 Å². The van der Waals surface area contributed by atoms with Crippen LogP contribution in [0.1, 0.15) is 19.8 Å². The van der Waals surface area contributed by atoms with Crippen molar-refractivity contribution < 1.29 is 14.3 Å². The zero-order chi connectivity index (χ0) is 11.9. The topological polar surface area (TPSA) is 76.2 Å². The van der Waals surface area contributed by atoms with Gasteiger partial charge >= 0.3 is 0 Å². The number of carbonyl (C=O) groups is 1. The Hall–Kier alpha value is -1.56. The molecule has 2 N–H and O–H groups in total. The molecule has 2 heterocycles. The SMILES string of the molecule is CC(=O)Nc1c[nH]nc1OC1CCC12COC2. The molecule has 1 saturated carbocycles. The molecule has 1 amide bonds. The fraction of sp³-hybridized carbons (Fsp3) is 0.636. The Morgan fingerprint density at radius 1 is 1.71 bits per heavy atom. The van der Waals surface area contributed by atoms with Gasteiger partial charge in [0.1, 0.15) is 11.8 Å². The monoisotopic (exact) mass is 237 g/mol. The summed E-state index contributed by atoms with van der Waals surface area (Å²) in [6.45, 7) is 3.01. The van der Waals surface area contributed by atoms with Crippen LogP contribution in [-0.2, 0) is 9.53 Å². The first-order chi connectivity index (χ1) is 8.20. The number of H-pyrrole nitrogens is 1. The molecule has 0 radical (unpaired) electrons. The molecule has 0 aromatic carbocycles. The van der Waals surface area contributed by atoms with Gasteiger partial charge in [-0.25, -0.2) is 0 Å². The van der Waals surface area contributed by atoms with Gasteiger partial charge in [0.25, 0.3) is 5.88 Å². The highest BCUT2D eigenvalue weighted by Crippen LogP contribution is 2.49. The van der Waals surface area contributed by atoms with E-state index in [0.717, 1.165) is 26.1 Å². The van der Waals surface area contributed by atoms with Gasteiger partial charge in [-0.05, 0) is 12.8 Å². The molecule has 2 aliphatic rings. The van der Waals surface area contributed by atoms with E-state index in [-0.39, 0.29) is 17.4 Å². The summed E-state index contributed by atoms with van der Waals surface area (Å²) >= 11 is 0. The lowest BCUT2D eigenvalue weighted by atomic mass is 9.64. The summed E-state index contributed by atoms with van der Waals surface area (Å²) in [6.07, 6.45) is 3.96. The fourth-order valence-corrected chi connectivity index (χ4v) is 2.33. The highest BCUT2D eigenvalue weighted by Gasteiger charge is 2.54. The maximum atomic E-state index is 11.0. The van der Waals surface area contributed by atoms with Crippen LogP contribution in [0.15, 0.2) is 6.20 Å². The molecule has 6 heteroatoms. The van der Waals surface area contributed by atoms with Crippen molar-refractivity contribution >= 4 is 11.6 Å². The summed E-state index contributed by atoms with van der Waals surface area (Å²) in [7, 11) is 0. The van der Waals surface area contributed by atoms with Gasteiger partial charge in [0.05, 0.1) is 18.6 Å². The highest BCUT2D eigenvalue weighted by molar-refractivity contribution is 5.89. The zero-order valence-corrected chi connectivity index (χ0v) is 9.66. The quantitative estimate of drug-likeness (QED) is 0.819. The Bertz CT molecular complexity index is 433. The van der Waals surface area contributed by atoms with E-state index in [4.69, 9.17) is 9.47 Å². The number of hydrogen-bond donors (Lipinski definition) is 2. The van der Waals surface area contributed by atoms with E-state index < -0.39 is 0 Å². The number of anilines is 1. The van der Waals surface area contributed by atoms with Gasteiger partial charge in [0, 0.05) is 13.1 Å². The summed E-state index contributed by atoms with van der Waals surface area (Å²) in [5.74, 6) is 0.336. The molecule has 3 rings (SSSR count). The van der Waals surface area contributed by atoms with Crippen LogP contribution in [0, 0.1) is 5.41 Å². The second kappa shape index (κ2) is 3.73. The van der Waals surface area contributed by atoms with Gasteiger partial charge in [0.15, 0.2) is 0 Å². The van der Waals surface area contributed by atoms with Gasteiger partial charge in [-0.15, -0.1) is 5.10 Å². The zero-order valence-electron chi connectivity index (χ0n) is 9.66. The second-order valence-electron chi connectivity index (χ2n) is 4.79. The van der Waals surface area contributed by atoms with E-state index >= 15 is 0 Å². The normalized spacial score (nSPS) is 24.9. The Morgan fingerprint density at radius 3 is 3.06 bits per heavy atom. The van der Waals surface area contributed by atoms with E-state index in [2.05, 4.69) is 15.5 Å². The molecule has 1 aromatic heterocycles. The predicted octanol–water partition coefficient (Wildman–Crippen LogP) is 0.926. The standard InChI is InChI=1S/C11H15N3O3/c1-7(15)13-8-4-12-14-10(8)17-9-2-3-11(9)5-16-6-11/h4,9H,2-3,5-6H2,1H3,(H,12,14)(H,13,15). The van der Waals surface area contributed by atoms with Crippen molar-refractivity contribution in [2.75, 3.05) is 18.5 Å². The molecule has 1 spiro atoms. The molecule has 17 heavy (non-hydrogen) atoms. The Morgan fingerprint density at radius 2 is 2.53 bits per heavy atom. The average Bonchev–Trinajstić information content (AvgIpc) is 2.57. The van der Waals surface area contributed by atoms with Gasteiger partial charge in [-0.3, -0.25) is 9.89 Å². The third-order valence-corrected chi connectivity index (χ3v) is 3.54. The number of ether oxygens (including phenoxy) is 2. The molecule has 1 saturated heterocycles. The lowest BCUT2D eigenvalue weighted by Crippen LogP contribution is -2.60. The van der Waals surface area contributed by atoms with E-state index in [9.17, 15) is 4.79 Å². The predicted molar refractivity (Wildman–Crippen MR) is 59.8 cm³/mol. The Balaban J connectivity index is 1.68. The summed E-state index contributed by atoms with van der Waals surface area (Å²) < 4.78 is 11.1. The lowest BCUT2D eigenvalue weighted by Gasteiger charge is -2.53. The van der Waals surface area contributed by atoms with Crippen LogP contribution in [0.2, 0.25) is 0 Å². The number of nitrogens with one attached hydrogen (secondary N) is 2.